The molecule has 10 heteroatoms. The quantitative estimate of drug-likeness (QED) is 0.234. The van der Waals surface area contributed by atoms with E-state index < -0.39 is 25.5 Å². The highest BCUT2D eigenvalue weighted by Gasteiger charge is 2.24. The summed E-state index contributed by atoms with van der Waals surface area (Å²) >= 11 is 11.2. The summed E-state index contributed by atoms with van der Waals surface area (Å²) in [5.41, 5.74) is -0.518. The molecule has 0 heterocycles. The van der Waals surface area contributed by atoms with Crippen molar-refractivity contribution < 1.29 is 13.3 Å². The van der Waals surface area contributed by atoms with Gasteiger partial charge in [0.2, 0.25) is 0 Å². The summed E-state index contributed by atoms with van der Waals surface area (Å²) in [6.45, 7) is 0.731. The molecule has 1 aromatic rings. The van der Waals surface area contributed by atoms with Crippen molar-refractivity contribution >= 4 is 45.3 Å². The number of alkyl halides is 2. The molecule has 0 N–H and O–H groups in total. The van der Waals surface area contributed by atoms with Gasteiger partial charge in [-0.3, -0.25) is 10.1 Å². The molecule has 1 aromatic carbocycles. The van der Waals surface area contributed by atoms with Gasteiger partial charge in [-0.25, -0.2) is 0 Å². The van der Waals surface area contributed by atoms with Gasteiger partial charge >= 0.3 is 0 Å². The molecule has 0 aromatic heterocycles. The molecule has 116 valence electrons. The molecule has 0 aliphatic carbocycles. The van der Waals surface area contributed by atoms with E-state index in [4.69, 9.17) is 23.2 Å². The SMILES string of the molecule is O=[N+]([O-])c1ccccc1S(=O)(=O)/N=C/N(CCCl)CCCl. The lowest BCUT2D eigenvalue weighted by molar-refractivity contribution is -0.387. The Morgan fingerprint density at radius 1 is 1.24 bits per heavy atom. The average Bonchev–Trinajstić information content (AvgIpc) is 2.45. The summed E-state index contributed by atoms with van der Waals surface area (Å²) in [6.07, 6.45) is 1.08. The van der Waals surface area contributed by atoms with Crippen LogP contribution in [0.25, 0.3) is 0 Å². The van der Waals surface area contributed by atoms with Crippen molar-refractivity contribution in [2.45, 2.75) is 4.90 Å². The van der Waals surface area contributed by atoms with Gasteiger partial charge in [-0.05, 0) is 6.07 Å². The highest BCUT2D eigenvalue weighted by atomic mass is 35.5. The third-order valence-corrected chi connectivity index (χ3v) is 4.04. The topological polar surface area (TPSA) is 92.9 Å². The lowest BCUT2D eigenvalue weighted by atomic mass is 10.3. The second-order valence-corrected chi connectivity index (χ2v) is 6.19. The van der Waals surface area contributed by atoms with Crippen LogP contribution in [0.4, 0.5) is 5.69 Å². The van der Waals surface area contributed by atoms with E-state index in [1.54, 1.807) is 0 Å². The molecule has 0 aliphatic heterocycles. The number of halogens is 2. The van der Waals surface area contributed by atoms with E-state index in [9.17, 15) is 18.5 Å². The molecular formula is C11H13Cl2N3O4S. The Labute approximate surface area is 132 Å². The van der Waals surface area contributed by atoms with Crippen LogP contribution in [-0.2, 0) is 10.0 Å². The molecule has 0 spiro atoms. The summed E-state index contributed by atoms with van der Waals surface area (Å²) in [5.74, 6) is 0.545. The summed E-state index contributed by atoms with van der Waals surface area (Å²) in [7, 11) is -4.17. The lowest BCUT2D eigenvalue weighted by Crippen LogP contribution is -2.26. The van der Waals surface area contributed by atoms with Gasteiger partial charge in [0.05, 0.1) is 4.92 Å². The van der Waals surface area contributed by atoms with Crippen LogP contribution in [0.3, 0.4) is 0 Å². The standard InChI is InChI=1S/C11H13Cl2N3O4S/c12-5-7-15(8-6-13)9-14-21(19,20)11-4-2-1-3-10(11)16(17)18/h1-4,9H,5-8H2/b14-9+. The predicted molar refractivity (Wildman–Crippen MR) is 81.8 cm³/mol. The fourth-order valence-corrected chi connectivity index (χ4v) is 2.92. The van der Waals surface area contributed by atoms with E-state index in [1.807, 2.05) is 0 Å². The van der Waals surface area contributed by atoms with E-state index in [2.05, 4.69) is 4.40 Å². The first-order valence-electron chi connectivity index (χ1n) is 5.82. The zero-order valence-corrected chi connectivity index (χ0v) is 13.2. The van der Waals surface area contributed by atoms with Crippen LogP contribution in [0.2, 0.25) is 0 Å². The van der Waals surface area contributed by atoms with Crippen LogP contribution in [-0.4, -0.2) is 49.4 Å². The van der Waals surface area contributed by atoms with Gasteiger partial charge < -0.3 is 4.90 Å². The largest absolute Gasteiger partial charge is 0.360 e. The van der Waals surface area contributed by atoms with Gasteiger partial charge in [0.25, 0.3) is 15.7 Å². The van der Waals surface area contributed by atoms with Crippen LogP contribution < -0.4 is 0 Å². The average molecular weight is 354 g/mol. The van der Waals surface area contributed by atoms with Crippen molar-refractivity contribution in [3.8, 4) is 0 Å². The van der Waals surface area contributed by atoms with Crippen molar-refractivity contribution in [3.05, 3.63) is 34.4 Å². The number of para-hydroxylation sites is 1. The molecule has 7 nitrogen and oxygen atoms in total. The molecule has 0 radical (unpaired) electrons. The van der Waals surface area contributed by atoms with Crippen LogP contribution in [0, 0.1) is 10.1 Å². The Balaban J connectivity index is 3.09. The van der Waals surface area contributed by atoms with E-state index in [1.165, 1.54) is 17.0 Å². The molecule has 0 saturated carbocycles. The molecule has 0 atom stereocenters. The van der Waals surface area contributed by atoms with Crippen LogP contribution in [0.15, 0.2) is 33.6 Å². The Kier molecular flexibility index (Phi) is 6.86. The van der Waals surface area contributed by atoms with Crippen LogP contribution in [0.1, 0.15) is 0 Å². The molecule has 0 unspecified atom stereocenters. The molecule has 1 rings (SSSR count). The number of sulfonamides is 1. The van der Waals surface area contributed by atoms with E-state index >= 15 is 0 Å². The maximum atomic E-state index is 12.1. The zero-order valence-electron chi connectivity index (χ0n) is 10.9. The predicted octanol–water partition coefficient (Wildman–Crippen LogP) is 2.09. The number of hydrogen-bond donors (Lipinski definition) is 0. The highest BCUT2D eigenvalue weighted by Crippen LogP contribution is 2.24. The maximum Gasteiger partial charge on any atom is 0.290 e. The summed E-state index contributed by atoms with van der Waals surface area (Å²) in [4.78, 5) is 11.2. The van der Waals surface area contributed by atoms with Gasteiger partial charge in [-0.2, -0.15) is 8.42 Å². The van der Waals surface area contributed by atoms with Gasteiger partial charge in [0, 0.05) is 30.9 Å². The van der Waals surface area contributed by atoms with Crippen molar-refractivity contribution in [3.63, 3.8) is 0 Å². The van der Waals surface area contributed by atoms with E-state index in [0.717, 1.165) is 18.5 Å². The minimum absolute atomic E-state index is 0.272. The third kappa shape index (κ3) is 5.14. The Morgan fingerprint density at radius 3 is 2.33 bits per heavy atom. The van der Waals surface area contributed by atoms with Crippen molar-refractivity contribution in [2.24, 2.45) is 4.40 Å². The molecule has 21 heavy (non-hydrogen) atoms. The molecular weight excluding hydrogens is 341 g/mol. The fraction of sp³-hybridized carbons (Fsp3) is 0.364. The molecule has 0 aliphatic rings. The molecule has 0 fully saturated rings. The summed E-state index contributed by atoms with van der Waals surface area (Å²) in [5, 5.41) is 10.9. The Hall–Kier alpha value is -1.38. The monoisotopic (exact) mass is 353 g/mol. The van der Waals surface area contributed by atoms with Gasteiger partial charge in [0.1, 0.15) is 6.34 Å². The second kappa shape index (κ2) is 8.16. The normalized spacial score (nSPS) is 11.7. The molecule has 0 bridgehead atoms. The number of hydrogen-bond acceptors (Lipinski definition) is 4. The Morgan fingerprint density at radius 2 is 1.81 bits per heavy atom. The summed E-state index contributed by atoms with van der Waals surface area (Å²) in [6, 6.07) is 5.02. The van der Waals surface area contributed by atoms with Gasteiger partial charge in [-0.1, -0.05) is 12.1 Å². The fourth-order valence-electron chi connectivity index (χ4n) is 1.46. The van der Waals surface area contributed by atoms with E-state index in [0.29, 0.717) is 13.1 Å². The number of nitrogens with zero attached hydrogens (tertiary/aromatic N) is 3. The maximum absolute atomic E-state index is 12.1. The molecule has 0 saturated heterocycles. The van der Waals surface area contributed by atoms with Crippen LogP contribution >= 0.6 is 23.2 Å². The van der Waals surface area contributed by atoms with Gasteiger partial charge in [0.15, 0.2) is 4.90 Å². The second-order valence-electron chi connectivity index (χ2n) is 3.83. The van der Waals surface area contributed by atoms with Gasteiger partial charge in [-0.15, -0.1) is 27.6 Å². The van der Waals surface area contributed by atoms with Crippen LogP contribution in [0.5, 0.6) is 0 Å². The minimum Gasteiger partial charge on any atom is -0.360 e. The van der Waals surface area contributed by atoms with Crippen molar-refractivity contribution in [1.82, 2.24) is 4.90 Å². The van der Waals surface area contributed by atoms with E-state index in [-0.39, 0.29) is 11.8 Å². The zero-order chi connectivity index (χ0) is 15.9. The first-order chi connectivity index (χ1) is 9.92. The Bertz CT molecular complexity index is 616. The number of nitro benzene ring substituents is 1. The molecule has 0 amide bonds. The number of benzene rings is 1. The minimum atomic E-state index is -4.17. The number of nitro groups is 1. The smallest absolute Gasteiger partial charge is 0.290 e. The summed E-state index contributed by atoms with van der Waals surface area (Å²) < 4.78 is 27.6. The first-order valence-corrected chi connectivity index (χ1v) is 8.33. The number of rotatable bonds is 8. The van der Waals surface area contributed by atoms with Crippen molar-refractivity contribution in [2.75, 3.05) is 24.8 Å². The first kappa shape index (κ1) is 17.7. The highest BCUT2D eigenvalue weighted by molar-refractivity contribution is 7.90. The van der Waals surface area contributed by atoms with Crippen molar-refractivity contribution in [1.29, 1.82) is 0 Å². The lowest BCUT2D eigenvalue weighted by Gasteiger charge is -2.15. The third-order valence-electron chi connectivity index (χ3n) is 2.43.